The van der Waals surface area contributed by atoms with Gasteiger partial charge in [-0.05, 0) is 18.4 Å². The summed E-state index contributed by atoms with van der Waals surface area (Å²) >= 11 is 0. The zero-order valence-electron chi connectivity index (χ0n) is 20.8. The lowest BCUT2D eigenvalue weighted by atomic mass is 10.1. The summed E-state index contributed by atoms with van der Waals surface area (Å²) in [5.41, 5.74) is -7.88. The maximum absolute atomic E-state index is 15.3. The average molecular weight is 685 g/mol. The van der Waals surface area contributed by atoms with E-state index in [2.05, 4.69) is 0 Å². The van der Waals surface area contributed by atoms with Crippen molar-refractivity contribution in [2.45, 2.75) is 59.5 Å². The highest BCUT2D eigenvalue weighted by atomic mass is 32.3. The van der Waals surface area contributed by atoms with Crippen LogP contribution in [-0.2, 0) is 45.3 Å². The third-order valence-corrected chi connectivity index (χ3v) is 13.1. The molecule has 10 nitrogen and oxygen atoms in total. The molecule has 0 radical (unpaired) electrons. The summed E-state index contributed by atoms with van der Waals surface area (Å²) < 4.78 is 216. The molecule has 1 aromatic carbocycles. The van der Waals surface area contributed by atoms with Crippen molar-refractivity contribution in [3.63, 3.8) is 0 Å². The van der Waals surface area contributed by atoms with Gasteiger partial charge in [-0.1, -0.05) is 34.4 Å². The first-order chi connectivity index (χ1) is 19.0. The van der Waals surface area contributed by atoms with Crippen molar-refractivity contribution in [3.05, 3.63) is 35.4 Å². The van der Waals surface area contributed by atoms with Gasteiger partial charge in [0.25, 0.3) is 10.0 Å². The van der Waals surface area contributed by atoms with Crippen LogP contribution in [0, 0.1) is 0 Å². The summed E-state index contributed by atoms with van der Waals surface area (Å²) in [5.74, 6) is -9.71. The molecular formula is C20H21F9N2O8S3. The monoisotopic (exact) mass is 684 g/mol. The smallest absolute Gasteiger partial charge is 0.343 e. The first-order valence-electron chi connectivity index (χ1n) is 11.9. The van der Waals surface area contributed by atoms with Gasteiger partial charge in [0.1, 0.15) is 0 Å². The number of ether oxygens (including phenoxy) is 2. The Hall–Kier alpha value is -1.72. The molecule has 0 bridgehead atoms. The summed E-state index contributed by atoms with van der Waals surface area (Å²) in [4.78, 5) is 0. The van der Waals surface area contributed by atoms with E-state index in [9.17, 15) is 47.2 Å². The highest BCUT2D eigenvalue weighted by molar-refractivity contribution is 8.05. The fourth-order valence-electron chi connectivity index (χ4n) is 4.97. The molecule has 3 aliphatic rings. The molecule has 0 amide bonds. The molecule has 1 aromatic rings. The fraction of sp³-hybridized carbons (Fsp3) is 0.700. The molecule has 0 aromatic heterocycles. The number of sulfonamides is 3. The normalized spacial score (nSPS) is 23.0. The highest BCUT2D eigenvalue weighted by Gasteiger charge is 2.84. The van der Waals surface area contributed by atoms with E-state index in [4.69, 9.17) is 9.47 Å². The van der Waals surface area contributed by atoms with E-state index in [0.29, 0.717) is 0 Å². The van der Waals surface area contributed by atoms with Gasteiger partial charge < -0.3 is 9.47 Å². The molecule has 0 saturated carbocycles. The number of rotatable bonds is 8. The topological polar surface area (TPSA) is 127 Å². The second-order valence-electron chi connectivity index (χ2n) is 9.51. The molecule has 0 N–H and O–H groups in total. The van der Waals surface area contributed by atoms with Crippen LogP contribution in [-0.4, -0.2) is 81.5 Å². The molecule has 240 valence electrons. The number of benzene rings is 1. The minimum atomic E-state index is -8.08. The van der Waals surface area contributed by atoms with Crippen LogP contribution in [0.3, 0.4) is 0 Å². The predicted octanol–water partition coefficient (Wildman–Crippen LogP) is 3.45. The van der Waals surface area contributed by atoms with Crippen molar-refractivity contribution in [1.82, 2.24) is 8.02 Å². The molecule has 42 heavy (non-hydrogen) atoms. The number of fused-ring (bicyclic) bond motifs is 2. The first-order valence-corrected chi connectivity index (χ1v) is 16.2. The quantitative estimate of drug-likeness (QED) is 0.382. The Bertz CT molecular complexity index is 1540. The molecule has 1 unspecified atom stereocenters. The summed E-state index contributed by atoms with van der Waals surface area (Å²) in [7, 11) is -22.4. The molecule has 1 atom stereocenters. The number of nitrogens with zero attached hydrogens (tertiary/aromatic N) is 2. The van der Waals surface area contributed by atoms with E-state index >= 15 is 17.6 Å². The number of hydrogen-bond donors (Lipinski definition) is 0. The van der Waals surface area contributed by atoms with Crippen LogP contribution in [0.5, 0.6) is 0 Å². The maximum Gasteiger partial charge on any atom is 0.512 e. The van der Waals surface area contributed by atoms with Gasteiger partial charge in [0.2, 0.25) is 0 Å². The third kappa shape index (κ3) is 4.54. The van der Waals surface area contributed by atoms with Crippen molar-refractivity contribution in [3.8, 4) is 0 Å². The zero-order chi connectivity index (χ0) is 31.8. The number of hydrogen-bond acceptors (Lipinski definition) is 8. The van der Waals surface area contributed by atoms with Crippen molar-refractivity contribution < 1.29 is 74.2 Å². The average Bonchev–Trinajstić information content (AvgIpc) is 3.48. The second-order valence-corrected chi connectivity index (χ2v) is 15.4. The van der Waals surface area contributed by atoms with Gasteiger partial charge >= 0.3 is 42.0 Å². The third-order valence-electron chi connectivity index (χ3n) is 7.00. The van der Waals surface area contributed by atoms with Gasteiger partial charge in [0.05, 0.1) is 19.3 Å². The Morgan fingerprint density at radius 2 is 1.29 bits per heavy atom. The van der Waals surface area contributed by atoms with E-state index < -0.39 is 92.6 Å². The molecule has 2 aliphatic heterocycles. The van der Waals surface area contributed by atoms with Gasteiger partial charge in [-0.2, -0.15) is 43.8 Å². The standard InChI is InChI=1S/C20H21F9N2O8S3/c21-17(22,18(23,24)40(32,33)30-8-4-1-5-9-30)19(25,26)41(34,35)31(42(36,37)20(27,28)29)15-12-16(38-10-11-39-16)14-7-3-2-6-13(14)15/h2-3,6-7,15H,1,4-5,8-12H2. The van der Waals surface area contributed by atoms with E-state index in [1.807, 2.05) is 0 Å². The highest BCUT2D eigenvalue weighted by Crippen LogP contribution is 2.58. The van der Waals surface area contributed by atoms with Crippen LogP contribution in [0.4, 0.5) is 39.5 Å². The van der Waals surface area contributed by atoms with Crippen LogP contribution in [0.25, 0.3) is 0 Å². The largest absolute Gasteiger partial charge is 0.512 e. The van der Waals surface area contributed by atoms with Gasteiger partial charge in [0.15, 0.2) is 5.79 Å². The molecule has 2 heterocycles. The molecule has 1 aliphatic carbocycles. The van der Waals surface area contributed by atoms with E-state index in [1.165, 1.54) is 6.07 Å². The number of halogens is 9. The van der Waals surface area contributed by atoms with Gasteiger partial charge in [-0.25, -0.2) is 25.3 Å². The summed E-state index contributed by atoms with van der Waals surface area (Å²) in [6.45, 7) is -2.26. The lowest BCUT2D eigenvalue weighted by molar-refractivity contribution is -0.246. The summed E-state index contributed by atoms with van der Waals surface area (Å²) in [5, 5.41) is -14.4. The molecule has 2 saturated heterocycles. The maximum atomic E-state index is 15.3. The SMILES string of the molecule is O=S(=O)(N(C1CC2(OCCO2)c2ccccc21)S(=O)(=O)C(F)(F)C(F)(F)C(F)(F)S(=O)(=O)N1CCCCC1)C(F)(F)F. The Morgan fingerprint density at radius 3 is 1.81 bits per heavy atom. The Labute approximate surface area is 233 Å². The Balaban J connectivity index is 1.91. The predicted molar refractivity (Wildman–Crippen MR) is 122 cm³/mol. The van der Waals surface area contributed by atoms with Crippen molar-refractivity contribution in [2.75, 3.05) is 26.3 Å². The molecule has 4 rings (SSSR count). The van der Waals surface area contributed by atoms with Crippen LogP contribution >= 0.6 is 0 Å². The minimum Gasteiger partial charge on any atom is -0.343 e. The molecular weight excluding hydrogens is 663 g/mol. The lowest BCUT2D eigenvalue weighted by Crippen LogP contribution is -2.66. The first kappa shape index (κ1) is 33.2. The van der Waals surface area contributed by atoms with E-state index in [-0.39, 0.29) is 42.3 Å². The van der Waals surface area contributed by atoms with E-state index in [1.54, 1.807) is 0 Å². The van der Waals surface area contributed by atoms with Crippen molar-refractivity contribution >= 4 is 30.1 Å². The number of piperidine rings is 1. The summed E-state index contributed by atoms with van der Waals surface area (Å²) in [6.07, 6.45) is -1.37. The van der Waals surface area contributed by atoms with Gasteiger partial charge in [0, 0.05) is 25.1 Å². The Morgan fingerprint density at radius 1 is 0.762 bits per heavy atom. The molecule has 1 spiro atoms. The minimum absolute atomic E-state index is 0.153. The fourth-order valence-corrected chi connectivity index (χ4v) is 10.0. The van der Waals surface area contributed by atoms with Crippen molar-refractivity contribution in [1.29, 1.82) is 0 Å². The van der Waals surface area contributed by atoms with Crippen LogP contribution < -0.4 is 0 Å². The van der Waals surface area contributed by atoms with Crippen LogP contribution in [0.15, 0.2) is 24.3 Å². The summed E-state index contributed by atoms with van der Waals surface area (Å²) in [6, 6.07) is 1.07. The van der Waals surface area contributed by atoms with Gasteiger partial charge in [-0.15, -0.1) is 0 Å². The van der Waals surface area contributed by atoms with Crippen LogP contribution in [0.1, 0.15) is 42.9 Å². The second kappa shape index (κ2) is 10.2. The zero-order valence-corrected chi connectivity index (χ0v) is 23.3. The van der Waals surface area contributed by atoms with E-state index in [0.717, 1.165) is 18.2 Å². The molecule has 2 fully saturated rings. The molecule has 22 heteroatoms. The van der Waals surface area contributed by atoms with Gasteiger partial charge in [-0.3, -0.25) is 0 Å². The van der Waals surface area contributed by atoms with Crippen molar-refractivity contribution in [2.24, 2.45) is 0 Å². The number of alkyl halides is 9. The van der Waals surface area contributed by atoms with Crippen LogP contribution in [0.2, 0.25) is 0 Å². The lowest BCUT2D eigenvalue weighted by Gasteiger charge is -2.38. The Kier molecular flexibility index (Phi) is 8.02.